The van der Waals surface area contributed by atoms with Gasteiger partial charge in [-0.05, 0) is 48.8 Å². The molecule has 6 heteroatoms. The van der Waals surface area contributed by atoms with Crippen molar-refractivity contribution in [3.8, 4) is 0 Å². The Morgan fingerprint density at radius 3 is 2.61 bits per heavy atom. The number of halogens is 1. The van der Waals surface area contributed by atoms with Gasteiger partial charge in [0.15, 0.2) is 0 Å². The molecule has 0 N–H and O–H groups in total. The number of anilines is 1. The third-order valence-electron chi connectivity index (χ3n) is 1.86. The summed E-state index contributed by atoms with van der Waals surface area (Å²) in [4.78, 5) is 27.8. The number of carbonyl (C=O) groups excluding carboxylic acids is 2. The fraction of sp³-hybridized carbons (Fsp3) is 0.417. The van der Waals surface area contributed by atoms with Crippen LogP contribution >= 0.6 is 15.9 Å². The molecule has 1 amide bonds. The van der Waals surface area contributed by atoms with Gasteiger partial charge < -0.3 is 9.53 Å². The van der Waals surface area contributed by atoms with E-state index in [0.717, 1.165) is 4.47 Å². The van der Waals surface area contributed by atoms with Crippen molar-refractivity contribution in [2.24, 2.45) is 0 Å². The molecule has 5 nitrogen and oxygen atoms in total. The topological polar surface area (TPSA) is 59.5 Å². The third kappa shape index (κ3) is 4.44. The summed E-state index contributed by atoms with van der Waals surface area (Å²) in [6, 6.07) is 3.38. The predicted octanol–water partition coefficient (Wildman–Crippen LogP) is 2.78. The van der Waals surface area contributed by atoms with Crippen molar-refractivity contribution in [3.05, 3.63) is 22.8 Å². The summed E-state index contributed by atoms with van der Waals surface area (Å²) in [5.74, 6) is 0.375. The van der Waals surface area contributed by atoms with E-state index < -0.39 is 11.7 Å². The highest BCUT2D eigenvalue weighted by Crippen LogP contribution is 2.17. The van der Waals surface area contributed by atoms with Gasteiger partial charge in [-0.15, -0.1) is 0 Å². The SMILES string of the molecule is CC(C)(C)OC(=O)N(CC=O)c1ccc(Br)cn1. The average Bonchev–Trinajstić information content (AvgIpc) is 2.25. The number of carbonyl (C=O) groups is 2. The first-order valence-corrected chi connectivity index (χ1v) is 6.18. The molecule has 1 rings (SSSR count). The summed E-state index contributed by atoms with van der Waals surface area (Å²) in [6.07, 6.45) is 1.59. The van der Waals surface area contributed by atoms with Crippen LogP contribution in [0.3, 0.4) is 0 Å². The predicted molar refractivity (Wildman–Crippen MR) is 71.6 cm³/mol. The quantitative estimate of drug-likeness (QED) is 0.805. The van der Waals surface area contributed by atoms with E-state index in [2.05, 4.69) is 20.9 Å². The van der Waals surface area contributed by atoms with Gasteiger partial charge in [0.1, 0.15) is 17.7 Å². The number of ether oxygens (including phenoxy) is 1. The molecule has 0 saturated heterocycles. The first-order chi connectivity index (χ1) is 8.33. The van der Waals surface area contributed by atoms with Crippen LogP contribution in [0.2, 0.25) is 0 Å². The maximum Gasteiger partial charge on any atom is 0.416 e. The van der Waals surface area contributed by atoms with E-state index in [9.17, 15) is 9.59 Å². The minimum Gasteiger partial charge on any atom is -0.443 e. The van der Waals surface area contributed by atoms with E-state index in [1.807, 2.05) is 0 Å². The summed E-state index contributed by atoms with van der Waals surface area (Å²) >= 11 is 3.25. The molecule has 0 bridgehead atoms. The monoisotopic (exact) mass is 314 g/mol. The van der Waals surface area contributed by atoms with Crippen molar-refractivity contribution < 1.29 is 14.3 Å². The van der Waals surface area contributed by atoms with Crippen LogP contribution in [0.25, 0.3) is 0 Å². The first kappa shape index (κ1) is 14.6. The zero-order valence-corrected chi connectivity index (χ0v) is 12.1. The highest BCUT2D eigenvalue weighted by molar-refractivity contribution is 9.10. The standard InChI is InChI=1S/C12H15BrN2O3/c1-12(2,3)18-11(17)15(6-7-16)10-5-4-9(13)8-14-10/h4-5,7-8H,6H2,1-3H3. The van der Waals surface area contributed by atoms with Crippen LogP contribution in [0.15, 0.2) is 22.8 Å². The fourth-order valence-corrected chi connectivity index (χ4v) is 1.42. The summed E-state index contributed by atoms with van der Waals surface area (Å²) in [5, 5.41) is 0. The smallest absolute Gasteiger partial charge is 0.416 e. The van der Waals surface area contributed by atoms with Gasteiger partial charge in [0, 0.05) is 10.7 Å². The summed E-state index contributed by atoms with van der Waals surface area (Å²) < 4.78 is 6.01. The van der Waals surface area contributed by atoms with E-state index in [1.54, 1.807) is 39.1 Å². The number of pyridine rings is 1. The molecule has 0 saturated carbocycles. The zero-order valence-electron chi connectivity index (χ0n) is 10.5. The minimum absolute atomic E-state index is 0.0937. The molecular formula is C12H15BrN2O3. The molecule has 0 fully saturated rings. The molecule has 18 heavy (non-hydrogen) atoms. The molecule has 1 heterocycles. The molecule has 0 unspecified atom stereocenters. The lowest BCUT2D eigenvalue weighted by Crippen LogP contribution is -2.38. The van der Waals surface area contributed by atoms with Crippen LogP contribution < -0.4 is 4.90 Å². The Labute approximate surface area is 114 Å². The van der Waals surface area contributed by atoms with Gasteiger partial charge in [0.25, 0.3) is 0 Å². The lowest BCUT2D eigenvalue weighted by Gasteiger charge is -2.25. The van der Waals surface area contributed by atoms with Gasteiger partial charge >= 0.3 is 6.09 Å². The van der Waals surface area contributed by atoms with E-state index in [0.29, 0.717) is 12.1 Å². The number of hydrogen-bond donors (Lipinski definition) is 0. The van der Waals surface area contributed by atoms with Crippen molar-refractivity contribution in [3.63, 3.8) is 0 Å². The Hall–Kier alpha value is -1.43. The maximum absolute atomic E-state index is 11.9. The van der Waals surface area contributed by atoms with Crippen molar-refractivity contribution >= 4 is 34.1 Å². The second-order valence-electron chi connectivity index (χ2n) is 4.59. The minimum atomic E-state index is -0.617. The highest BCUT2D eigenvalue weighted by Gasteiger charge is 2.23. The zero-order chi connectivity index (χ0) is 13.8. The second-order valence-corrected chi connectivity index (χ2v) is 5.51. The van der Waals surface area contributed by atoms with Gasteiger partial charge in [0.05, 0.1) is 6.54 Å². The largest absolute Gasteiger partial charge is 0.443 e. The van der Waals surface area contributed by atoms with Gasteiger partial charge in [-0.1, -0.05) is 0 Å². The van der Waals surface area contributed by atoms with Crippen molar-refractivity contribution in [1.82, 2.24) is 4.98 Å². The number of hydrogen-bond acceptors (Lipinski definition) is 4. The molecule has 0 aliphatic carbocycles. The first-order valence-electron chi connectivity index (χ1n) is 5.39. The van der Waals surface area contributed by atoms with Gasteiger partial charge in [-0.25, -0.2) is 9.78 Å². The maximum atomic E-state index is 11.9. The molecule has 0 atom stereocenters. The number of aldehydes is 1. The van der Waals surface area contributed by atoms with Crippen LogP contribution in [0.4, 0.5) is 10.6 Å². The molecule has 98 valence electrons. The number of rotatable bonds is 3. The molecule has 0 spiro atoms. The Morgan fingerprint density at radius 2 is 2.17 bits per heavy atom. The molecular weight excluding hydrogens is 300 g/mol. The number of amides is 1. The molecule has 1 aromatic rings. The van der Waals surface area contributed by atoms with Crippen molar-refractivity contribution in [1.29, 1.82) is 0 Å². The lowest BCUT2D eigenvalue weighted by atomic mass is 10.2. The molecule has 0 aromatic carbocycles. The summed E-state index contributed by atoms with van der Waals surface area (Å²) in [7, 11) is 0. The summed E-state index contributed by atoms with van der Waals surface area (Å²) in [6.45, 7) is 5.19. The van der Waals surface area contributed by atoms with Crippen LogP contribution in [-0.2, 0) is 9.53 Å². The molecule has 1 aromatic heterocycles. The Morgan fingerprint density at radius 1 is 1.50 bits per heavy atom. The second kappa shape index (κ2) is 5.95. The normalized spacial score (nSPS) is 10.9. The van der Waals surface area contributed by atoms with E-state index in [4.69, 9.17) is 4.74 Å². The van der Waals surface area contributed by atoms with Crippen LogP contribution in [-0.4, -0.2) is 29.5 Å². The Bertz CT molecular complexity index is 426. The lowest BCUT2D eigenvalue weighted by molar-refractivity contribution is -0.106. The van der Waals surface area contributed by atoms with E-state index in [-0.39, 0.29) is 6.54 Å². The number of nitrogens with zero attached hydrogens (tertiary/aromatic N) is 2. The van der Waals surface area contributed by atoms with Gasteiger partial charge in [0.2, 0.25) is 0 Å². The van der Waals surface area contributed by atoms with Crippen molar-refractivity contribution in [2.75, 3.05) is 11.4 Å². The fourth-order valence-electron chi connectivity index (χ4n) is 1.18. The summed E-state index contributed by atoms with van der Waals surface area (Å²) in [5.41, 5.74) is -0.617. The molecule has 0 aliphatic heterocycles. The average molecular weight is 315 g/mol. The van der Waals surface area contributed by atoms with Crippen molar-refractivity contribution in [2.45, 2.75) is 26.4 Å². The number of aromatic nitrogens is 1. The Balaban J connectivity index is 2.91. The van der Waals surface area contributed by atoms with E-state index >= 15 is 0 Å². The molecule has 0 radical (unpaired) electrons. The molecule has 0 aliphatic rings. The van der Waals surface area contributed by atoms with E-state index in [1.165, 1.54) is 4.90 Å². The third-order valence-corrected chi connectivity index (χ3v) is 2.33. The van der Waals surface area contributed by atoms with Crippen LogP contribution in [0.1, 0.15) is 20.8 Å². The van der Waals surface area contributed by atoms with Gasteiger partial charge in [-0.2, -0.15) is 0 Å². The Kier molecular flexibility index (Phi) is 4.84. The van der Waals surface area contributed by atoms with Crippen LogP contribution in [0.5, 0.6) is 0 Å². The van der Waals surface area contributed by atoms with Crippen LogP contribution in [0, 0.1) is 0 Å². The highest BCUT2D eigenvalue weighted by atomic mass is 79.9. The van der Waals surface area contributed by atoms with Gasteiger partial charge in [-0.3, -0.25) is 4.90 Å².